The fraction of sp³-hybridized carbons (Fsp3) is 0.450. The summed E-state index contributed by atoms with van der Waals surface area (Å²) in [7, 11) is 1.57. The fourth-order valence-electron chi connectivity index (χ4n) is 3.58. The lowest BCUT2D eigenvalue weighted by Crippen LogP contribution is -2.35. The van der Waals surface area contributed by atoms with Gasteiger partial charge in [-0.15, -0.1) is 0 Å². The van der Waals surface area contributed by atoms with Crippen LogP contribution in [0.3, 0.4) is 0 Å². The van der Waals surface area contributed by atoms with Gasteiger partial charge in [0.15, 0.2) is 5.76 Å². The predicted molar refractivity (Wildman–Crippen MR) is 94.8 cm³/mol. The van der Waals surface area contributed by atoms with E-state index in [9.17, 15) is 13.6 Å². The number of nitrogens with zero attached hydrogens (tertiary/aromatic N) is 1. The van der Waals surface area contributed by atoms with Crippen molar-refractivity contribution in [3.05, 3.63) is 59.1 Å². The molecule has 140 valence electrons. The number of carbonyl (C=O) groups excluding carboxylic acids is 1. The molecule has 1 atom stereocenters. The molecule has 2 aromatic rings. The zero-order chi connectivity index (χ0) is 18.5. The van der Waals surface area contributed by atoms with Gasteiger partial charge in [0.05, 0.1) is 6.54 Å². The smallest absolute Gasteiger partial charge is 0.286 e. The van der Waals surface area contributed by atoms with Crippen LogP contribution < -0.4 is 5.32 Å². The number of hydrogen-bond donors (Lipinski definition) is 1. The first-order chi connectivity index (χ1) is 12.6. The number of hydrogen-bond acceptors (Lipinski definition) is 3. The Bertz CT molecular complexity index is 740. The number of amides is 1. The van der Waals surface area contributed by atoms with Gasteiger partial charge in [-0.05, 0) is 62.4 Å². The van der Waals surface area contributed by atoms with Gasteiger partial charge in [0.1, 0.15) is 17.4 Å². The Morgan fingerprint density at radius 3 is 2.77 bits per heavy atom. The van der Waals surface area contributed by atoms with E-state index in [-0.39, 0.29) is 11.5 Å². The van der Waals surface area contributed by atoms with E-state index in [0.717, 1.165) is 38.1 Å². The maximum Gasteiger partial charge on any atom is 0.286 e. The number of nitrogens with one attached hydrogen (secondary N) is 1. The standard InChI is InChI=1S/C20H24F2N2O2/c1-23-20(25)19-10-8-15(26-19)13-24-11-3-4-14(12-24)7-9-16-17(21)5-2-6-18(16)22/h2,5-6,8,10,14H,3-4,7,9,11-13H2,1H3,(H,23,25)/t14-/m0/s1. The fourth-order valence-corrected chi connectivity index (χ4v) is 3.58. The van der Waals surface area contributed by atoms with Crippen LogP contribution in [0.1, 0.15) is 41.1 Å². The van der Waals surface area contributed by atoms with Crippen molar-refractivity contribution in [1.29, 1.82) is 0 Å². The normalized spacial score (nSPS) is 18.0. The maximum absolute atomic E-state index is 13.8. The third-order valence-electron chi connectivity index (χ3n) is 4.96. The Kier molecular flexibility index (Phi) is 6.04. The van der Waals surface area contributed by atoms with E-state index < -0.39 is 11.6 Å². The molecular formula is C20H24F2N2O2. The van der Waals surface area contributed by atoms with E-state index in [1.165, 1.54) is 18.2 Å². The highest BCUT2D eigenvalue weighted by Crippen LogP contribution is 2.25. The molecule has 1 amide bonds. The van der Waals surface area contributed by atoms with Gasteiger partial charge in [0, 0.05) is 19.2 Å². The Labute approximate surface area is 152 Å². The zero-order valence-corrected chi connectivity index (χ0v) is 14.9. The summed E-state index contributed by atoms with van der Waals surface area (Å²) in [5.74, 6) is 0.302. The second-order valence-corrected chi connectivity index (χ2v) is 6.83. The number of piperidine rings is 1. The first kappa shape index (κ1) is 18.6. The molecule has 1 aliphatic rings. The van der Waals surface area contributed by atoms with Crippen LogP contribution >= 0.6 is 0 Å². The Hall–Kier alpha value is -2.21. The molecule has 0 saturated carbocycles. The van der Waals surface area contributed by atoms with Crippen molar-refractivity contribution < 1.29 is 18.0 Å². The van der Waals surface area contributed by atoms with Gasteiger partial charge in [0.2, 0.25) is 0 Å². The van der Waals surface area contributed by atoms with Crippen molar-refractivity contribution in [2.75, 3.05) is 20.1 Å². The third kappa shape index (κ3) is 4.49. The molecule has 0 radical (unpaired) electrons. The van der Waals surface area contributed by atoms with Crippen LogP contribution in [0.15, 0.2) is 34.7 Å². The van der Waals surface area contributed by atoms with Gasteiger partial charge in [-0.2, -0.15) is 0 Å². The van der Waals surface area contributed by atoms with Gasteiger partial charge in [-0.3, -0.25) is 9.69 Å². The lowest BCUT2D eigenvalue weighted by atomic mass is 9.91. The molecule has 1 N–H and O–H groups in total. The van der Waals surface area contributed by atoms with E-state index in [1.807, 2.05) is 6.07 Å². The van der Waals surface area contributed by atoms with Crippen molar-refractivity contribution in [2.45, 2.75) is 32.2 Å². The zero-order valence-electron chi connectivity index (χ0n) is 14.9. The maximum atomic E-state index is 13.8. The molecule has 6 heteroatoms. The van der Waals surface area contributed by atoms with Gasteiger partial charge in [-0.25, -0.2) is 8.78 Å². The largest absolute Gasteiger partial charge is 0.455 e. The average Bonchev–Trinajstić information content (AvgIpc) is 3.09. The van der Waals surface area contributed by atoms with Crippen molar-refractivity contribution in [3.8, 4) is 0 Å². The summed E-state index contributed by atoms with van der Waals surface area (Å²) >= 11 is 0. The molecule has 2 heterocycles. The van der Waals surface area contributed by atoms with E-state index in [4.69, 9.17) is 4.42 Å². The molecule has 1 saturated heterocycles. The minimum Gasteiger partial charge on any atom is -0.455 e. The quantitative estimate of drug-likeness (QED) is 0.851. The van der Waals surface area contributed by atoms with Crippen molar-refractivity contribution in [1.82, 2.24) is 10.2 Å². The van der Waals surface area contributed by atoms with Crippen molar-refractivity contribution in [2.24, 2.45) is 5.92 Å². The van der Waals surface area contributed by atoms with Crippen LogP contribution in [0, 0.1) is 17.6 Å². The lowest BCUT2D eigenvalue weighted by molar-refractivity contribution is 0.0929. The highest BCUT2D eigenvalue weighted by Gasteiger charge is 2.22. The Morgan fingerprint density at radius 1 is 1.27 bits per heavy atom. The van der Waals surface area contributed by atoms with E-state index in [0.29, 0.717) is 24.6 Å². The average molecular weight is 362 g/mol. The van der Waals surface area contributed by atoms with Gasteiger partial charge in [0.25, 0.3) is 5.91 Å². The summed E-state index contributed by atoms with van der Waals surface area (Å²) in [4.78, 5) is 13.8. The number of benzene rings is 1. The molecule has 4 nitrogen and oxygen atoms in total. The van der Waals surface area contributed by atoms with Gasteiger partial charge < -0.3 is 9.73 Å². The van der Waals surface area contributed by atoms with E-state index in [1.54, 1.807) is 13.1 Å². The molecule has 1 fully saturated rings. The van der Waals surface area contributed by atoms with Crippen molar-refractivity contribution >= 4 is 5.91 Å². The molecule has 1 aromatic heterocycles. The van der Waals surface area contributed by atoms with Crippen LogP contribution in [0.5, 0.6) is 0 Å². The molecular weight excluding hydrogens is 338 g/mol. The number of halogens is 2. The molecule has 3 rings (SSSR count). The minimum absolute atomic E-state index is 0.186. The molecule has 1 aromatic carbocycles. The molecule has 0 aliphatic carbocycles. The molecule has 0 unspecified atom stereocenters. The minimum atomic E-state index is -0.463. The number of rotatable bonds is 6. The number of furan rings is 1. The van der Waals surface area contributed by atoms with E-state index in [2.05, 4.69) is 10.2 Å². The summed E-state index contributed by atoms with van der Waals surface area (Å²) in [6, 6.07) is 7.52. The van der Waals surface area contributed by atoms with Crippen LogP contribution in [0.2, 0.25) is 0 Å². The molecule has 26 heavy (non-hydrogen) atoms. The van der Waals surface area contributed by atoms with Crippen LogP contribution in [-0.4, -0.2) is 30.9 Å². The summed E-state index contributed by atoms with van der Waals surface area (Å²) in [6.45, 7) is 2.47. The monoisotopic (exact) mass is 362 g/mol. The molecule has 1 aliphatic heterocycles. The number of likely N-dealkylation sites (tertiary alicyclic amines) is 1. The Morgan fingerprint density at radius 2 is 2.04 bits per heavy atom. The predicted octanol–water partition coefficient (Wildman–Crippen LogP) is 3.76. The first-order valence-electron chi connectivity index (χ1n) is 9.03. The summed E-state index contributed by atoms with van der Waals surface area (Å²) < 4.78 is 33.1. The highest BCUT2D eigenvalue weighted by molar-refractivity contribution is 5.91. The van der Waals surface area contributed by atoms with E-state index >= 15 is 0 Å². The summed E-state index contributed by atoms with van der Waals surface area (Å²) in [6.07, 6.45) is 3.29. The molecule has 0 bridgehead atoms. The number of carbonyl (C=O) groups is 1. The van der Waals surface area contributed by atoms with Gasteiger partial charge in [-0.1, -0.05) is 6.07 Å². The topological polar surface area (TPSA) is 45.5 Å². The van der Waals surface area contributed by atoms with Gasteiger partial charge >= 0.3 is 0 Å². The summed E-state index contributed by atoms with van der Waals surface area (Å²) in [5.41, 5.74) is 0.186. The van der Waals surface area contributed by atoms with Crippen LogP contribution in [-0.2, 0) is 13.0 Å². The molecule has 0 spiro atoms. The second kappa shape index (κ2) is 8.45. The highest BCUT2D eigenvalue weighted by atomic mass is 19.1. The summed E-state index contributed by atoms with van der Waals surface area (Å²) in [5, 5.41) is 2.54. The first-order valence-corrected chi connectivity index (χ1v) is 9.03. The van der Waals surface area contributed by atoms with Crippen LogP contribution in [0.25, 0.3) is 0 Å². The van der Waals surface area contributed by atoms with Crippen LogP contribution in [0.4, 0.5) is 8.78 Å². The third-order valence-corrected chi connectivity index (χ3v) is 4.96. The second-order valence-electron chi connectivity index (χ2n) is 6.83. The Balaban J connectivity index is 1.54. The van der Waals surface area contributed by atoms with Crippen molar-refractivity contribution in [3.63, 3.8) is 0 Å². The SMILES string of the molecule is CNC(=O)c1ccc(CN2CCC[C@@H](CCc3c(F)cccc3F)C2)o1. The lowest BCUT2D eigenvalue weighted by Gasteiger charge is -2.32.